The Balaban J connectivity index is 1.31. The number of likely N-dealkylation sites (N-methyl/N-ethyl adjacent to an activating group) is 1. The smallest absolute Gasteiger partial charge is 0.289 e. The van der Waals surface area contributed by atoms with Gasteiger partial charge < -0.3 is 18.6 Å². The van der Waals surface area contributed by atoms with Crippen molar-refractivity contribution >= 4 is 28.5 Å². The van der Waals surface area contributed by atoms with Crippen LogP contribution in [0.3, 0.4) is 0 Å². The molecule has 0 unspecified atom stereocenters. The number of rotatable bonds is 5. The Bertz CT molecular complexity index is 1340. The highest BCUT2D eigenvalue weighted by molar-refractivity contribution is 6.06. The summed E-state index contributed by atoms with van der Waals surface area (Å²) < 4.78 is 11.8. The van der Waals surface area contributed by atoms with E-state index in [0.717, 1.165) is 89.2 Å². The summed E-state index contributed by atoms with van der Waals surface area (Å²) in [5.41, 5.74) is 9.08. The summed E-state index contributed by atoms with van der Waals surface area (Å²) in [7, 11) is 0. The van der Waals surface area contributed by atoms with Crippen molar-refractivity contribution in [3.8, 4) is 0 Å². The first kappa shape index (κ1) is 24.3. The first-order valence-corrected chi connectivity index (χ1v) is 12.8. The minimum atomic E-state index is -0.207. The van der Waals surface area contributed by atoms with E-state index in [1.54, 1.807) is 6.26 Å². The zero-order valence-electron chi connectivity index (χ0n) is 21.6. The Morgan fingerprint density at radius 2 is 1.83 bits per heavy atom. The topological polar surface area (TPSA) is 91.3 Å². The number of hydrazone groups is 1. The molecule has 1 aliphatic carbocycles. The third-order valence-corrected chi connectivity index (χ3v) is 7.63. The molecule has 190 valence electrons. The van der Waals surface area contributed by atoms with Gasteiger partial charge in [-0.15, -0.1) is 0 Å². The minimum absolute atomic E-state index is 0.0570. The van der Waals surface area contributed by atoms with E-state index in [9.17, 15) is 9.59 Å². The SMILES string of the molecule is CCN1CCN(C(=O)c2oc3c(c2C)/C(=N/NC(=O)Cc2coc4c(C)c(C)ccc24)CCC3)CC1. The third-order valence-electron chi connectivity index (χ3n) is 7.63. The van der Waals surface area contributed by atoms with E-state index >= 15 is 0 Å². The molecule has 0 spiro atoms. The largest absolute Gasteiger partial charge is 0.464 e. The van der Waals surface area contributed by atoms with Gasteiger partial charge in [-0.25, -0.2) is 5.43 Å². The molecule has 1 fully saturated rings. The van der Waals surface area contributed by atoms with Crippen molar-refractivity contribution in [1.82, 2.24) is 15.2 Å². The Morgan fingerprint density at radius 3 is 2.58 bits per heavy atom. The Kier molecular flexibility index (Phi) is 6.71. The number of hydrogen-bond donors (Lipinski definition) is 1. The molecule has 0 bridgehead atoms. The van der Waals surface area contributed by atoms with Crippen LogP contribution in [0.15, 0.2) is 32.3 Å². The van der Waals surface area contributed by atoms with Gasteiger partial charge in [0.15, 0.2) is 5.76 Å². The van der Waals surface area contributed by atoms with Gasteiger partial charge in [-0.3, -0.25) is 9.59 Å². The average molecular weight is 491 g/mol. The fraction of sp³-hybridized carbons (Fsp3) is 0.464. The molecule has 0 radical (unpaired) electrons. The maximum atomic E-state index is 13.2. The Hall–Kier alpha value is -3.39. The van der Waals surface area contributed by atoms with Crippen molar-refractivity contribution in [2.45, 2.75) is 53.4 Å². The van der Waals surface area contributed by atoms with Crippen LogP contribution in [0.1, 0.15) is 63.9 Å². The lowest BCUT2D eigenvalue weighted by atomic mass is 9.93. The van der Waals surface area contributed by atoms with Gasteiger partial charge in [-0.1, -0.05) is 19.1 Å². The Morgan fingerprint density at radius 1 is 1.06 bits per heavy atom. The van der Waals surface area contributed by atoms with Crippen LogP contribution in [0, 0.1) is 20.8 Å². The molecule has 3 aromatic rings. The number of hydrogen-bond acceptors (Lipinski definition) is 6. The van der Waals surface area contributed by atoms with Gasteiger partial charge in [0.25, 0.3) is 5.91 Å². The molecule has 0 saturated carbocycles. The van der Waals surface area contributed by atoms with Gasteiger partial charge in [-0.2, -0.15) is 5.10 Å². The number of nitrogens with zero attached hydrogens (tertiary/aromatic N) is 3. The van der Waals surface area contributed by atoms with E-state index in [2.05, 4.69) is 22.4 Å². The van der Waals surface area contributed by atoms with Crippen LogP contribution in [0.2, 0.25) is 0 Å². The van der Waals surface area contributed by atoms with Crippen molar-refractivity contribution in [2.24, 2.45) is 5.10 Å². The van der Waals surface area contributed by atoms with Gasteiger partial charge in [0.05, 0.1) is 18.4 Å². The molecule has 1 saturated heterocycles. The van der Waals surface area contributed by atoms with Gasteiger partial charge in [0, 0.05) is 54.7 Å². The number of nitrogens with one attached hydrogen (secondary N) is 1. The summed E-state index contributed by atoms with van der Waals surface area (Å²) >= 11 is 0. The molecule has 3 heterocycles. The predicted molar refractivity (Wildman–Crippen MR) is 138 cm³/mol. The maximum absolute atomic E-state index is 13.2. The second kappa shape index (κ2) is 9.93. The van der Waals surface area contributed by atoms with Crippen LogP contribution in [0.5, 0.6) is 0 Å². The molecule has 8 heteroatoms. The van der Waals surface area contributed by atoms with Gasteiger partial charge in [0.1, 0.15) is 11.3 Å². The van der Waals surface area contributed by atoms with Crippen LogP contribution in [-0.4, -0.2) is 60.0 Å². The van der Waals surface area contributed by atoms with Crippen LogP contribution in [-0.2, 0) is 17.6 Å². The molecule has 2 aromatic heterocycles. The number of carbonyl (C=O) groups excluding carboxylic acids is 2. The quantitative estimate of drug-likeness (QED) is 0.543. The zero-order chi connectivity index (χ0) is 25.4. The molecule has 1 aliphatic heterocycles. The van der Waals surface area contributed by atoms with E-state index in [1.165, 1.54) is 0 Å². The summed E-state index contributed by atoms with van der Waals surface area (Å²) in [4.78, 5) is 30.2. The van der Waals surface area contributed by atoms with Crippen LogP contribution >= 0.6 is 0 Å². The fourth-order valence-corrected chi connectivity index (χ4v) is 5.26. The molecular formula is C28H34N4O4. The zero-order valence-corrected chi connectivity index (χ0v) is 21.6. The number of furan rings is 2. The maximum Gasteiger partial charge on any atom is 0.289 e. The minimum Gasteiger partial charge on any atom is -0.464 e. The number of aryl methyl sites for hydroxylation is 3. The Labute approximate surface area is 211 Å². The van der Waals surface area contributed by atoms with Crippen molar-refractivity contribution in [1.29, 1.82) is 0 Å². The number of amides is 2. The standard InChI is InChI=1S/C28H34N4O4/c1-5-31-11-13-32(14-12-31)28(34)27-19(4)25-22(7-6-8-23(25)36-27)29-30-24(33)15-20-16-35-26-18(3)17(2)9-10-21(20)26/h9-10,16H,5-8,11-15H2,1-4H3,(H,30,33)/b29-22+. The van der Waals surface area contributed by atoms with Crippen LogP contribution in [0.25, 0.3) is 11.0 Å². The van der Waals surface area contributed by atoms with Gasteiger partial charge in [-0.05, 0) is 51.3 Å². The number of fused-ring (bicyclic) bond motifs is 2. The lowest BCUT2D eigenvalue weighted by molar-refractivity contribution is -0.120. The fourth-order valence-electron chi connectivity index (χ4n) is 5.26. The molecule has 5 rings (SSSR count). The monoisotopic (exact) mass is 490 g/mol. The van der Waals surface area contributed by atoms with E-state index in [0.29, 0.717) is 18.8 Å². The highest BCUT2D eigenvalue weighted by Gasteiger charge is 2.31. The molecule has 2 aliphatic rings. The lowest BCUT2D eigenvalue weighted by Gasteiger charge is -2.33. The first-order valence-electron chi connectivity index (χ1n) is 12.8. The number of benzene rings is 1. The molecule has 0 atom stereocenters. The van der Waals surface area contributed by atoms with E-state index in [1.807, 2.05) is 37.8 Å². The van der Waals surface area contributed by atoms with E-state index in [4.69, 9.17) is 8.83 Å². The number of piperazine rings is 1. The third kappa shape index (κ3) is 4.46. The van der Waals surface area contributed by atoms with Crippen LogP contribution in [0.4, 0.5) is 0 Å². The molecule has 2 amide bonds. The molecule has 8 nitrogen and oxygen atoms in total. The number of carbonyl (C=O) groups is 2. The molecular weight excluding hydrogens is 456 g/mol. The first-order chi connectivity index (χ1) is 17.4. The van der Waals surface area contributed by atoms with Gasteiger partial charge >= 0.3 is 0 Å². The van der Waals surface area contributed by atoms with E-state index < -0.39 is 0 Å². The van der Waals surface area contributed by atoms with Crippen molar-refractivity contribution in [2.75, 3.05) is 32.7 Å². The molecule has 1 N–H and O–H groups in total. The van der Waals surface area contributed by atoms with Crippen molar-refractivity contribution in [3.05, 3.63) is 57.7 Å². The molecule has 36 heavy (non-hydrogen) atoms. The second-order valence-corrected chi connectivity index (χ2v) is 9.85. The lowest BCUT2D eigenvalue weighted by Crippen LogP contribution is -2.48. The average Bonchev–Trinajstić information content (AvgIpc) is 3.46. The predicted octanol–water partition coefficient (Wildman–Crippen LogP) is 4.13. The highest BCUT2D eigenvalue weighted by Crippen LogP contribution is 2.31. The highest BCUT2D eigenvalue weighted by atomic mass is 16.4. The van der Waals surface area contributed by atoms with Crippen LogP contribution < -0.4 is 5.43 Å². The second-order valence-electron chi connectivity index (χ2n) is 9.85. The normalized spacial score (nSPS) is 17.6. The summed E-state index contributed by atoms with van der Waals surface area (Å²) in [5.74, 6) is 0.926. The van der Waals surface area contributed by atoms with Crippen molar-refractivity contribution < 1.29 is 18.4 Å². The summed E-state index contributed by atoms with van der Waals surface area (Å²) in [6.07, 6.45) is 4.18. The summed E-state index contributed by atoms with van der Waals surface area (Å²) in [5, 5.41) is 5.43. The van der Waals surface area contributed by atoms with Crippen molar-refractivity contribution in [3.63, 3.8) is 0 Å². The summed E-state index contributed by atoms with van der Waals surface area (Å²) in [6, 6.07) is 4.04. The van der Waals surface area contributed by atoms with E-state index in [-0.39, 0.29) is 18.2 Å². The summed E-state index contributed by atoms with van der Waals surface area (Å²) in [6.45, 7) is 12.3. The van der Waals surface area contributed by atoms with Gasteiger partial charge in [0.2, 0.25) is 5.91 Å². The molecule has 1 aromatic carbocycles.